The summed E-state index contributed by atoms with van der Waals surface area (Å²) < 4.78 is 1.04. The predicted octanol–water partition coefficient (Wildman–Crippen LogP) is 2.28. The molecule has 1 atom stereocenters. The van der Waals surface area contributed by atoms with Crippen LogP contribution in [0, 0.1) is 0 Å². The molecule has 2 N–H and O–H groups in total. The zero-order chi connectivity index (χ0) is 10.8. The number of rotatable bonds is 2. The Kier molecular flexibility index (Phi) is 2.98. The smallest absolute Gasteiger partial charge is 0.130 e. The zero-order valence-corrected chi connectivity index (χ0v) is 10.0. The maximum atomic E-state index is 5.71. The highest BCUT2D eigenvalue weighted by Gasteiger charge is 2.03. The topological polar surface area (TPSA) is 51.8 Å². The van der Waals surface area contributed by atoms with Crippen LogP contribution in [0.3, 0.4) is 0 Å². The van der Waals surface area contributed by atoms with E-state index in [-0.39, 0.29) is 6.04 Å². The summed E-state index contributed by atoms with van der Waals surface area (Å²) in [6, 6.07) is 6.06. The molecule has 1 unspecified atom stereocenters. The van der Waals surface area contributed by atoms with Gasteiger partial charge in [0.2, 0.25) is 0 Å². The molecule has 0 bridgehead atoms. The lowest BCUT2D eigenvalue weighted by atomic mass is 10.2. The molecule has 0 fully saturated rings. The number of benzene rings is 1. The lowest BCUT2D eigenvalue weighted by Crippen LogP contribution is -2.19. The predicted molar refractivity (Wildman–Crippen MR) is 64.6 cm³/mol. The summed E-state index contributed by atoms with van der Waals surface area (Å²) in [4.78, 5) is 8.72. The van der Waals surface area contributed by atoms with Gasteiger partial charge in [-0.05, 0) is 25.1 Å². The van der Waals surface area contributed by atoms with E-state index in [1.807, 2.05) is 31.3 Å². The van der Waals surface area contributed by atoms with Crippen molar-refractivity contribution < 1.29 is 0 Å². The molecule has 3 nitrogen and oxygen atoms in total. The second kappa shape index (κ2) is 4.24. The van der Waals surface area contributed by atoms with Crippen LogP contribution in [0.1, 0.15) is 12.7 Å². The van der Waals surface area contributed by atoms with Crippen molar-refractivity contribution in [2.75, 3.05) is 0 Å². The van der Waals surface area contributed by atoms with Gasteiger partial charge in [0, 0.05) is 28.5 Å². The largest absolute Gasteiger partial charge is 0.328 e. The Morgan fingerprint density at radius 1 is 1.47 bits per heavy atom. The second-order valence-electron chi connectivity index (χ2n) is 3.67. The van der Waals surface area contributed by atoms with E-state index in [2.05, 4.69) is 25.9 Å². The van der Waals surface area contributed by atoms with Crippen molar-refractivity contribution in [3.63, 3.8) is 0 Å². The molecular formula is C11H12BrN3. The molecule has 0 saturated carbocycles. The molecule has 0 amide bonds. The molecule has 4 heteroatoms. The third-order valence-electron chi connectivity index (χ3n) is 2.10. The van der Waals surface area contributed by atoms with Crippen LogP contribution in [0.2, 0.25) is 0 Å². The molecule has 0 saturated heterocycles. The number of fused-ring (bicyclic) bond motifs is 1. The summed E-state index contributed by atoms with van der Waals surface area (Å²) in [6.45, 7) is 1.95. The first kappa shape index (κ1) is 10.5. The fourth-order valence-electron chi connectivity index (χ4n) is 1.43. The van der Waals surface area contributed by atoms with Gasteiger partial charge in [0.25, 0.3) is 0 Å². The van der Waals surface area contributed by atoms with Gasteiger partial charge < -0.3 is 5.73 Å². The number of hydrogen-bond acceptors (Lipinski definition) is 3. The van der Waals surface area contributed by atoms with Crippen molar-refractivity contribution in [3.05, 3.63) is 34.7 Å². The van der Waals surface area contributed by atoms with Crippen LogP contribution in [0.5, 0.6) is 0 Å². The summed E-state index contributed by atoms with van der Waals surface area (Å²) in [5.41, 5.74) is 6.67. The highest BCUT2D eigenvalue weighted by atomic mass is 79.9. The van der Waals surface area contributed by atoms with Gasteiger partial charge in [-0.15, -0.1) is 0 Å². The molecule has 0 spiro atoms. The maximum absolute atomic E-state index is 5.71. The quantitative estimate of drug-likeness (QED) is 0.907. The molecule has 1 aromatic carbocycles. The lowest BCUT2D eigenvalue weighted by molar-refractivity contribution is 0.705. The van der Waals surface area contributed by atoms with Crippen molar-refractivity contribution in [1.29, 1.82) is 0 Å². The molecule has 2 rings (SSSR count). The Morgan fingerprint density at radius 2 is 2.27 bits per heavy atom. The van der Waals surface area contributed by atoms with Crippen LogP contribution >= 0.6 is 15.9 Å². The molecule has 1 heterocycles. The molecule has 0 radical (unpaired) electrons. The van der Waals surface area contributed by atoms with Gasteiger partial charge in [-0.3, -0.25) is 0 Å². The molecule has 15 heavy (non-hydrogen) atoms. The highest BCUT2D eigenvalue weighted by molar-refractivity contribution is 9.10. The van der Waals surface area contributed by atoms with E-state index in [0.717, 1.165) is 21.2 Å². The van der Waals surface area contributed by atoms with E-state index in [9.17, 15) is 0 Å². The Labute approximate surface area is 96.9 Å². The van der Waals surface area contributed by atoms with Crippen molar-refractivity contribution in [1.82, 2.24) is 9.97 Å². The van der Waals surface area contributed by atoms with Crippen molar-refractivity contribution in [2.24, 2.45) is 5.73 Å². The van der Waals surface area contributed by atoms with E-state index < -0.39 is 0 Å². The number of halogens is 1. The molecule has 1 aromatic heterocycles. The van der Waals surface area contributed by atoms with Crippen LogP contribution in [0.4, 0.5) is 0 Å². The van der Waals surface area contributed by atoms with Gasteiger partial charge in [-0.1, -0.05) is 15.9 Å². The molecule has 78 valence electrons. The van der Waals surface area contributed by atoms with Gasteiger partial charge in [-0.25, -0.2) is 9.97 Å². The van der Waals surface area contributed by atoms with Crippen LogP contribution in [0.15, 0.2) is 28.9 Å². The normalized spacial score (nSPS) is 13.0. The monoisotopic (exact) mass is 265 g/mol. The van der Waals surface area contributed by atoms with E-state index in [1.165, 1.54) is 0 Å². The van der Waals surface area contributed by atoms with Gasteiger partial charge in [-0.2, -0.15) is 0 Å². The van der Waals surface area contributed by atoms with Gasteiger partial charge in [0.05, 0.1) is 5.52 Å². The molecule has 0 aliphatic rings. The Balaban J connectivity index is 2.43. The molecular weight excluding hydrogens is 254 g/mol. The lowest BCUT2D eigenvalue weighted by Gasteiger charge is -2.04. The fourth-order valence-corrected chi connectivity index (χ4v) is 1.81. The van der Waals surface area contributed by atoms with Crippen molar-refractivity contribution in [3.8, 4) is 0 Å². The molecule has 0 aliphatic carbocycles. The maximum Gasteiger partial charge on any atom is 0.130 e. The fraction of sp³-hybridized carbons (Fsp3) is 0.273. The first-order valence-electron chi connectivity index (χ1n) is 4.82. The first-order chi connectivity index (χ1) is 7.15. The third kappa shape index (κ3) is 2.52. The Bertz CT molecular complexity index is 482. The molecule has 0 aliphatic heterocycles. The highest BCUT2D eigenvalue weighted by Crippen LogP contribution is 2.17. The van der Waals surface area contributed by atoms with E-state index >= 15 is 0 Å². The first-order valence-corrected chi connectivity index (χ1v) is 5.61. The Morgan fingerprint density at radius 3 is 3.00 bits per heavy atom. The van der Waals surface area contributed by atoms with Crippen LogP contribution in [0.25, 0.3) is 10.9 Å². The molecule has 2 aromatic rings. The minimum Gasteiger partial charge on any atom is -0.328 e. The van der Waals surface area contributed by atoms with E-state index in [4.69, 9.17) is 5.73 Å². The minimum absolute atomic E-state index is 0.0953. The van der Waals surface area contributed by atoms with Crippen LogP contribution in [-0.4, -0.2) is 16.0 Å². The van der Waals surface area contributed by atoms with Gasteiger partial charge in [0.1, 0.15) is 5.82 Å². The average molecular weight is 266 g/mol. The van der Waals surface area contributed by atoms with Gasteiger partial charge >= 0.3 is 0 Å². The minimum atomic E-state index is 0.0953. The number of aromatic nitrogens is 2. The van der Waals surface area contributed by atoms with Gasteiger partial charge in [0.15, 0.2) is 0 Å². The standard InChI is InChI=1S/C11H12BrN3/c1-7(13)4-11-14-6-8-5-9(12)2-3-10(8)15-11/h2-3,5-7H,4,13H2,1H3. The number of nitrogens with zero attached hydrogens (tertiary/aromatic N) is 2. The van der Waals surface area contributed by atoms with E-state index in [0.29, 0.717) is 6.42 Å². The van der Waals surface area contributed by atoms with Crippen LogP contribution in [-0.2, 0) is 6.42 Å². The summed E-state index contributed by atoms with van der Waals surface area (Å²) in [5.74, 6) is 0.805. The summed E-state index contributed by atoms with van der Waals surface area (Å²) in [7, 11) is 0. The zero-order valence-electron chi connectivity index (χ0n) is 8.44. The summed E-state index contributed by atoms with van der Waals surface area (Å²) in [6.07, 6.45) is 2.55. The average Bonchev–Trinajstić information content (AvgIpc) is 2.17. The number of nitrogens with two attached hydrogens (primary N) is 1. The third-order valence-corrected chi connectivity index (χ3v) is 2.59. The summed E-state index contributed by atoms with van der Waals surface area (Å²) >= 11 is 3.42. The van der Waals surface area contributed by atoms with Crippen LogP contribution < -0.4 is 5.73 Å². The summed E-state index contributed by atoms with van der Waals surface area (Å²) in [5, 5.41) is 1.04. The van der Waals surface area contributed by atoms with Crippen molar-refractivity contribution >= 4 is 26.8 Å². The second-order valence-corrected chi connectivity index (χ2v) is 4.59. The Hall–Kier alpha value is -1.00. The van der Waals surface area contributed by atoms with E-state index in [1.54, 1.807) is 0 Å². The number of hydrogen-bond donors (Lipinski definition) is 1. The SMILES string of the molecule is CC(N)Cc1ncc2cc(Br)ccc2n1. The van der Waals surface area contributed by atoms with Crippen molar-refractivity contribution in [2.45, 2.75) is 19.4 Å².